The summed E-state index contributed by atoms with van der Waals surface area (Å²) in [6.07, 6.45) is 2.91. The third kappa shape index (κ3) is 4.44. The topological polar surface area (TPSA) is 59.0 Å². The molecular weight excluding hydrogens is 270 g/mol. The average Bonchev–Trinajstić information content (AvgIpc) is 2.50. The number of ether oxygens (including phenoxy) is 2. The van der Waals surface area contributed by atoms with Crippen LogP contribution in [-0.4, -0.2) is 51.1 Å². The number of fused-ring (bicyclic) bond motifs is 1. The van der Waals surface area contributed by atoms with Crippen molar-refractivity contribution >= 4 is 11.7 Å². The van der Waals surface area contributed by atoms with Crippen LogP contribution in [-0.2, 0) is 15.9 Å². The number of carboxylic acid groups (broad SMARTS) is 1. The number of aryl methyl sites for hydroxylation is 1. The van der Waals surface area contributed by atoms with Crippen molar-refractivity contribution in [3.05, 3.63) is 29.3 Å². The molecule has 116 valence electrons. The van der Waals surface area contributed by atoms with Crippen LogP contribution in [0.3, 0.4) is 0 Å². The van der Waals surface area contributed by atoms with Crippen molar-refractivity contribution in [3.63, 3.8) is 0 Å². The standard InChI is InChI=1S/C16H23NO4/c1-20-9-3-10-21-11-8-17-7-2-4-13-12-14(16(18)19)5-6-15(13)17/h5-6,12H,2-4,7-11H2,1H3,(H,18,19). The molecule has 0 aromatic heterocycles. The first-order valence-corrected chi connectivity index (χ1v) is 7.40. The van der Waals surface area contributed by atoms with Gasteiger partial charge in [-0.05, 0) is 43.0 Å². The van der Waals surface area contributed by atoms with Gasteiger partial charge in [0, 0.05) is 39.1 Å². The predicted molar refractivity (Wildman–Crippen MR) is 81.2 cm³/mol. The highest BCUT2D eigenvalue weighted by atomic mass is 16.5. The Hall–Kier alpha value is -1.59. The summed E-state index contributed by atoms with van der Waals surface area (Å²) >= 11 is 0. The van der Waals surface area contributed by atoms with Crippen LogP contribution < -0.4 is 4.90 Å². The lowest BCUT2D eigenvalue weighted by Gasteiger charge is -2.31. The number of methoxy groups -OCH3 is 1. The van der Waals surface area contributed by atoms with Gasteiger partial charge in [0.1, 0.15) is 0 Å². The van der Waals surface area contributed by atoms with E-state index in [4.69, 9.17) is 14.6 Å². The van der Waals surface area contributed by atoms with Crippen molar-refractivity contribution in [2.75, 3.05) is 44.9 Å². The molecule has 1 aromatic rings. The highest BCUT2D eigenvalue weighted by molar-refractivity contribution is 5.88. The molecule has 0 saturated carbocycles. The Kier molecular flexibility index (Phi) is 6.02. The Balaban J connectivity index is 1.88. The monoisotopic (exact) mass is 293 g/mol. The first-order valence-electron chi connectivity index (χ1n) is 7.40. The summed E-state index contributed by atoms with van der Waals surface area (Å²) in [7, 11) is 1.69. The molecular formula is C16H23NO4. The van der Waals surface area contributed by atoms with Crippen LogP contribution in [0.25, 0.3) is 0 Å². The number of carbonyl (C=O) groups is 1. The molecule has 5 heteroatoms. The molecule has 1 aliphatic rings. The predicted octanol–water partition coefficient (Wildman–Crippen LogP) is 2.19. The van der Waals surface area contributed by atoms with E-state index in [-0.39, 0.29) is 0 Å². The molecule has 1 aliphatic heterocycles. The van der Waals surface area contributed by atoms with Crippen molar-refractivity contribution in [2.45, 2.75) is 19.3 Å². The molecule has 0 bridgehead atoms. The zero-order chi connectivity index (χ0) is 15.1. The van der Waals surface area contributed by atoms with Crippen molar-refractivity contribution in [3.8, 4) is 0 Å². The molecule has 0 fully saturated rings. The highest BCUT2D eigenvalue weighted by Crippen LogP contribution is 2.27. The van der Waals surface area contributed by atoms with Gasteiger partial charge in [-0.2, -0.15) is 0 Å². The quantitative estimate of drug-likeness (QED) is 0.745. The van der Waals surface area contributed by atoms with Gasteiger partial charge in [0.05, 0.1) is 12.2 Å². The maximum Gasteiger partial charge on any atom is 0.335 e. The maximum absolute atomic E-state index is 11.0. The lowest BCUT2D eigenvalue weighted by atomic mass is 9.99. The number of hydrogen-bond donors (Lipinski definition) is 1. The van der Waals surface area contributed by atoms with Crippen molar-refractivity contribution in [1.29, 1.82) is 0 Å². The molecule has 1 heterocycles. The summed E-state index contributed by atoms with van der Waals surface area (Å²) in [4.78, 5) is 13.3. The number of anilines is 1. The number of benzene rings is 1. The van der Waals surface area contributed by atoms with E-state index in [0.29, 0.717) is 18.8 Å². The molecule has 0 amide bonds. The molecule has 0 aliphatic carbocycles. The fourth-order valence-corrected chi connectivity index (χ4v) is 2.62. The van der Waals surface area contributed by atoms with Crippen LogP contribution in [0.1, 0.15) is 28.8 Å². The number of aromatic carboxylic acids is 1. The molecule has 0 radical (unpaired) electrons. The lowest BCUT2D eigenvalue weighted by molar-refractivity contribution is 0.0696. The molecule has 0 unspecified atom stereocenters. The zero-order valence-corrected chi connectivity index (χ0v) is 12.5. The van der Waals surface area contributed by atoms with E-state index in [1.807, 2.05) is 6.07 Å². The van der Waals surface area contributed by atoms with Crippen LogP contribution in [0.2, 0.25) is 0 Å². The summed E-state index contributed by atoms with van der Waals surface area (Å²) in [5.41, 5.74) is 2.64. The first-order chi connectivity index (χ1) is 10.2. The van der Waals surface area contributed by atoms with E-state index >= 15 is 0 Å². The fourth-order valence-electron chi connectivity index (χ4n) is 2.62. The average molecular weight is 293 g/mol. The van der Waals surface area contributed by atoms with Crippen LogP contribution in [0.5, 0.6) is 0 Å². The summed E-state index contributed by atoms with van der Waals surface area (Å²) in [5, 5.41) is 9.05. The van der Waals surface area contributed by atoms with Crippen molar-refractivity contribution < 1.29 is 19.4 Å². The Labute approximate surface area is 125 Å². The van der Waals surface area contributed by atoms with Crippen LogP contribution >= 0.6 is 0 Å². The van der Waals surface area contributed by atoms with Gasteiger partial charge in [0.15, 0.2) is 0 Å². The largest absolute Gasteiger partial charge is 0.478 e. The van der Waals surface area contributed by atoms with Gasteiger partial charge in [-0.3, -0.25) is 0 Å². The maximum atomic E-state index is 11.0. The van der Waals surface area contributed by atoms with Crippen LogP contribution in [0.15, 0.2) is 18.2 Å². The Morgan fingerprint density at radius 2 is 2.19 bits per heavy atom. The molecule has 1 N–H and O–H groups in total. The minimum Gasteiger partial charge on any atom is -0.478 e. The smallest absolute Gasteiger partial charge is 0.335 e. The van der Waals surface area contributed by atoms with Gasteiger partial charge in [-0.15, -0.1) is 0 Å². The van der Waals surface area contributed by atoms with Gasteiger partial charge < -0.3 is 19.5 Å². The fraction of sp³-hybridized carbons (Fsp3) is 0.562. The van der Waals surface area contributed by atoms with Crippen LogP contribution in [0, 0.1) is 0 Å². The second-order valence-corrected chi connectivity index (χ2v) is 5.20. The number of rotatable bonds is 8. The molecule has 1 aromatic carbocycles. The Morgan fingerprint density at radius 3 is 2.95 bits per heavy atom. The Bertz CT molecular complexity index is 475. The third-order valence-electron chi connectivity index (χ3n) is 3.68. The van der Waals surface area contributed by atoms with Gasteiger partial charge in [0.25, 0.3) is 0 Å². The van der Waals surface area contributed by atoms with Gasteiger partial charge in [0.2, 0.25) is 0 Å². The van der Waals surface area contributed by atoms with Crippen molar-refractivity contribution in [1.82, 2.24) is 0 Å². The number of hydrogen-bond acceptors (Lipinski definition) is 4. The SMILES string of the molecule is COCCCOCCN1CCCc2cc(C(=O)O)ccc21. The van der Waals surface area contributed by atoms with E-state index in [2.05, 4.69) is 4.90 Å². The van der Waals surface area contributed by atoms with Crippen molar-refractivity contribution in [2.24, 2.45) is 0 Å². The van der Waals surface area contributed by atoms with E-state index in [0.717, 1.165) is 50.2 Å². The van der Waals surface area contributed by atoms with E-state index < -0.39 is 5.97 Å². The zero-order valence-electron chi connectivity index (χ0n) is 12.5. The Morgan fingerprint density at radius 1 is 1.33 bits per heavy atom. The molecule has 0 saturated heterocycles. The van der Waals surface area contributed by atoms with Gasteiger partial charge >= 0.3 is 5.97 Å². The van der Waals surface area contributed by atoms with Crippen LogP contribution in [0.4, 0.5) is 5.69 Å². The molecule has 2 rings (SSSR count). The van der Waals surface area contributed by atoms with E-state index in [1.165, 1.54) is 0 Å². The summed E-state index contributed by atoms with van der Waals surface area (Å²) in [6.45, 7) is 3.97. The summed E-state index contributed by atoms with van der Waals surface area (Å²) < 4.78 is 10.6. The van der Waals surface area contributed by atoms with Gasteiger partial charge in [-0.25, -0.2) is 4.79 Å². The van der Waals surface area contributed by atoms with E-state index in [1.54, 1.807) is 19.2 Å². The lowest BCUT2D eigenvalue weighted by Crippen LogP contribution is -2.32. The highest BCUT2D eigenvalue weighted by Gasteiger charge is 2.18. The minimum absolute atomic E-state index is 0.367. The molecule has 0 spiro atoms. The normalized spacial score (nSPS) is 14.0. The second kappa shape index (κ2) is 8.00. The first kappa shape index (κ1) is 15.8. The molecule has 5 nitrogen and oxygen atoms in total. The molecule has 21 heavy (non-hydrogen) atoms. The number of carboxylic acids is 1. The second-order valence-electron chi connectivity index (χ2n) is 5.20. The molecule has 0 atom stereocenters. The third-order valence-corrected chi connectivity index (χ3v) is 3.68. The summed E-state index contributed by atoms with van der Waals surface area (Å²) in [6, 6.07) is 5.39. The minimum atomic E-state index is -0.864. The number of nitrogens with zero attached hydrogens (tertiary/aromatic N) is 1. The van der Waals surface area contributed by atoms with Gasteiger partial charge in [-0.1, -0.05) is 0 Å². The summed E-state index contributed by atoms with van der Waals surface area (Å²) in [5.74, 6) is -0.864. The van der Waals surface area contributed by atoms with E-state index in [9.17, 15) is 4.79 Å².